The summed E-state index contributed by atoms with van der Waals surface area (Å²) < 4.78 is 0. The Morgan fingerprint density at radius 1 is 1.12 bits per heavy atom. The van der Waals surface area contributed by atoms with Gasteiger partial charge in [-0.2, -0.15) is 0 Å². The molecule has 6 nitrogen and oxygen atoms in total. The molecule has 1 aliphatic carbocycles. The van der Waals surface area contributed by atoms with E-state index in [9.17, 15) is 20.0 Å². The number of nitrogens with zero attached hydrogens (tertiary/aromatic N) is 1. The standard InChI is InChI=1S/C25H20Cl2N2O4S/c26-15-8-5-13(6-9-15)24-17-12-21(34-20-4-2-1-3-19(20)29(32)33)23(27)22(17)16-11-14(25(30)31)7-10-18(16)28-24/h1-11,17,21-24,28H,12H2,(H,30,31)/t17-,21-,22+,23-,24+/m0/s1. The molecule has 5 rings (SSSR count). The van der Waals surface area contributed by atoms with Gasteiger partial charge in [0.05, 0.1) is 26.8 Å². The largest absolute Gasteiger partial charge is 0.478 e. The van der Waals surface area contributed by atoms with Gasteiger partial charge in [0.25, 0.3) is 5.69 Å². The quantitative estimate of drug-likeness (QED) is 0.216. The summed E-state index contributed by atoms with van der Waals surface area (Å²) >= 11 is 14.6. The van der Waals surface area contributed by atoms with Gasteiger partial charge in [-0.3, -0.25) is 10.1 Å². The van der Waals surface area contributed by atoms with Crippen LogP contribution in [-0.4, -0.2) is 26.6 Å². The second-order valence-corrected chi connectivity index (χ2v) is 10.8. The molecule has 0 unspecified atom stereocenters. The molecule has 1 aliphatic heterocycles. The summed E-state index contributed by atoms with van der Waals surface area (Å²) in [6.07, 6.45) is 0.715. The van der Waals surface area contributed by atoms with Crippen molar-refractivity contribution >= 4 is 52.3 Å². The molecular weight excluding hydrogens is 495 g/mol. The molecule has 1 saturated carbocycles. The zero-order chi connectivity index (χ0) is 24.0. The van der Waals surface area contributed by atoms with E-state index in [4.69, 9.17) is 23.2 Å². The molecular formula is C25H20Cl2N2O4S. The summed E-state index contributed by atoms with van der Waals surface area (Å²) in [4.78, 5) is 23.4. The fourth-order valence-electron chi connectivity index (χ4n) is 5.12. The molecule has 0 radical (unpaired) electrons. The van der Waals surface area contributed by atoms with Gasteiger partial charge in [-0.05, 0) is 59.9 Å². The van der Waals surface area contributed by atoms with Crippen LogP contribution in [-0.2, 0) is 0 Å². The minimum absolute atomic E-state index is 0.0527. The topological polar surface area (TPSA) is 92.5 Å². The summed E-state index contributed by atoms with van der Waals surface area (Å²) in [5.74, 6) is -1.03. The number of carboxylic acids is 1. The molecule has 3 aromatic carbocycles. The lowest BCUT2D eigenvalue weighted by Crippen LogP contribution is -2.31. The maximum atomic E-state index is 11.7. The van der Waals surface area contributed by atoms with Crippen LogP contribution < -0.4 is 5.32 Å². The van der Waals surface area contributed by atoms with E-state index in [1.54, 1.807) is 36.4 Å². The average molecular weight is 515 g/mol. The van der Waals surface area contributed by atoms with Crippen LogP contribution in [0.5, 0.6) is 0 Å². The van der Waals surface area contributed by atoms with Crippen molar-refractivity contribution in [2.75, 3.05) is 5.32 Å². The highest BCUT2D eigenvalue weighted by Gasteiger charge is 2.50. The Kier molecular flexibility index (Phi) is 6.18. The van der Waals surface area contributed by atoms with Crippen LogP contribution in [0.15, 0.2) is 71.6 Å². The predicted octanol–water partition coefficient (Wildman–Crippen LogP) is 6.99. The Morgan fingerprint density at radius 2 is 1.85 bits per heavy atom. The SMILES string of the molecule is O=C(O)c1ccc2c(c1)[C@H]1[C@@H](Cl)[C@@H](Sc3ccccc3[N+](=O)[O-])C[C@@H]1[C@@H](c1ccc(Cl)cc1)N2. The number of nitro groups is 1. The fraction of sp³-hybridized carbons (Fsp3) is 0.240. The molecule has 0 amide bonds. The van der Waals surface area contributed by atoms with Crippen molar-refractivity contribution in [1.29, 1.82) is 0 Å². The first-order valence-corrected chi connectivity index (χ1v) is 12.5. The summed E-state index contributed by atoms with van der Waals surface area (Å²) in [6.45, 7) is 0. The number of fused-ring (bicyclic) bond motifs is 3. The predicted molar refractivity (Wildman–Crippen MR) is 134 cm³/mol. The normalized spacial score (nSPS) is 25.2. The van der Waals surface area contributed by atoms with Gasteiger partial charge in [-0.1, -0.05) is 35.9 Å². The fourth-order valence-corrected chi connectivity index (χ4v) is 7.19. The lowest BCUT2D eigenvalue weighted by molar-refractivity contribution is -0.387. The molecule has 174 valence electrons. The number of hydrogen-bond donors (Lipinski definition) is 2. The number of anilines is 1. The van der Waals surface area contributed by atoms with Crippen LogP contribution in [0.2, 0.25) is 5.02 Å². The van der Waals surface area contributed by atoms with Crippen molar-refractivity contribution in [1.82, 2.24) is 0 Å². The number of carbonyl (C=O) groups is 1. The number of thioether (sulfide) groups is 1. The van der Waals surface area contributed by atoms with Crippen LogP contribution >= 0.6 is 35.0 Å². The van der Waals surface area contributed by atoms with Crippen molar-refractivity contribution in [3.8, 4) is 0 Å². The molecule has 3 aromatic rings. The van der Waals surface area contributed by atoms with Crippen molar-refractivity contribution in [2.24, 2.45) is 5.92 Å². The lowest BCUT2D eigenvalue weighted by Gasteiger charge is -2.38. The Hall–Kier alpha value is -2.74. The number of nitrogens with one attached hydrogen (secondary N) is 1. The van der Waals surface area contributed by atoms with Gasteiger partial charge in [0, 0.05) is 27.9 Å². The average Bonchev–Trinajstić information content (AvgIpc) is 3.15. The van der Waals surface area contributed by atoms with Gasteiger partial charge in [0.15, 0.2) is 0 Å². The number of alkyl halides is 1. The Labute approximate surface area is 210 Å². The van der Waals surface area contributed by atoms with E-state index in [0.717, 1.165) is 16.8 Å². The molecule has 0 saturated heterocycles. The highest BCUT2D eigenvalue weighted by Crippen LogP contribution is 2.58. The van der Waals surface area contributed by atoms with Gasteiger partial charge in [0.2, 0.25) is 0 Å². The maximum absolute atomic E-state index is 11.7. The van der Waals surface area contributed by atoms with Crippen LogP contribution in [0, 0.1) is 16.0 Å². The van der Waals surface area contributed by atoms with Crippen LogP contribution in [0.4, 0.5) is 11.4 Å². The van der Waals surface area contributed by atoms with Crippen molar-refractivity contribution < 1.29 is 14.8 Å². The number of para-hydroxylation sites is 1. The van der Waals surface area contributed by atoms with Crippen molar-refractivity contribution in [2.45, 2.75) is 33.9 Å². The van der Waals surface area contributed by atoms with Crippen LogP contribution in [0.3, 0.4) is 0 Å². The van der Waals surface area contributed by atoms with E-state index in [1.165, 1.54) is 17.8 Å². The summed E-state index contributed by atoms with van der Waals surface area (Å²) in [7, 11) is 0. The second kappa shape index (κ2) is 9.13. The van der Waals surface area contributed by atoms with Crippen molar-refractivity contribution in [3.63, 3.8) is 0 Å². The number of rotatable bonds is 5. The van der Waals surface area contributed by atoms with Crippen LogP contribution in [0.25, 0.3) is 0 Å². The van der Waals surface area contributed by atoms with E-state index >= 15 is 0 Å². The molecule has 0 aromatic heterocycles. The molecule has 9 heteroatoms. The van der Waals surface area contributed by atoms with E-state index in [1.807, 2.05) is 24.3 Å². The zero-order valence-electron chi connectivity index (χ0n) is 17.7. The number of hydrogen-bond acceptors (Lipinski definition) is 5. The molecule has 2 aliphatic rings. The van der Waals surface area contributed by atoms with Gasteiger partial charge in [-0.25, -0.2) is 4.79 Å². The Morgan fingerprint density at radius 3 is 2.56 bits per heavy atom. The van der Waals surface area contributed by atoms with Gasteiger partial charge < -0.3 is 10.4 Å². The third kappa shape index (κ3) is 4.13. The summed E-state index contributed by atoms with van der Waals surface area (Å²) in [5.41, 5.74) is 3.07. The minimum atomic E-state index is -0.992. The number of benzene rings is 3. The van der Waals surface area contributed by atoms with E-state index in [-0.39, 0.29) is 44.7 Å². The molecule has 0 spiro atoms. The van der Waals surface area contributed by atoms with E-state index < -0.39 is 5.97 Å². The van der Waals surface area contributed by atoms with E-state index in [0.29, 0.717) is 16.3 Å². The Balaban J connectivity index is 1.55. The van der Waals surface area contributed by atoms with E-state index in [2.05, 4.69) is 5.32 Å². The highest BCUT2D eigenvalue weighted by molar-refractivity contribution is 8.00. The first-order chi connectivity index (χ1) is 16.3. The monoisotopic (exact) mass is 514 g/mol. The van der Waals surface area contributed by atoms with Gasteiger partial charge >= 0.3 is 5.97 Å². The molecule has 1 fully saturated rings. The maximum Gasteiger partial charge on any atom is 0.335 e. The zero-order valence-corrected chi connectivity index (χ0v) is 20.1. The van der Waals surface area contributed by atoms with Crippen molar-refractivity contribution in [3.05, 3.63) is 98.6 Å². The number of halogens is 2. The first kappa shape index (κ1) is 23.0. The third-order valence-electron chi connectivity index (χ3n) is 6.63. The molecule has 5 atom stereocenters. The van der Waals surface area contributed by atoms with Crippen LogP contribution in [0.1, 0.15) is 39.9 Å². The number of nitro benzene ring substituents is 1. The number of carboxylic acid groups (broad SMARTS) is 1. The first-order valence-electron chi connectivity index (χ1n) is 10.8. The van der Waals surface area contributed by atoms with Gasteiger partial charge in [-0.15, -0.1) is 23.4 Å². The Bertz CT molecular complexity index is 1270. The minimum Gasteiger partial charge on any atom is -0.478 e. The summed E-state index contributed by atoms with van der Waals surface area (Å²) in [6, 6.07) is 19.4. The third-order valence-corrected chi connectivity index (χ3v) is 8.99. The number of aromatic carboxylic acids is 1. The second-order valence-electron chi connectivity index (χ2n) is 8.53. The lowest BCUT2D eigenvalue weighted by atomic mass is 9.77. The highest BCUT2D eigenvalue weighted by atomic mass is 35.5. The molecule has 1 heterocycles. The van der Waals surface area contributed by atoms with Gasteiger partial charge in [0.1, 0.15) is 0 Å². The molecule has 34 heavy (non-hydrogen) atoms. The summed E-state index contributed by atoms with van der Waals surface area (Å²) in [5, 5.41) is 24.9. The molecule has 2 N–H and O–H groups in total. The molecule has 0 bridgehead atoms. The smallest absolute Gasteiger partial charge is 0.335 e.